The summed E-state index contributed by atoms with van der Waals surface area (Å²) in [6.07, 6.45) is 4.71. The largest absolute Gasteiger partial charge is 0.378 e. The van der Waals surface area contributed by atoms with Gasteiger partial charge in [0, 0.05) is 25.7 Å². The Morgan fingerprint density at radius 1 is 1.33 bits per heavy atom. The standard InChI is InChI=1S/C12H26N2O3S/c1-4-14(18(3,15)16)8-6-7-13-11-9-12(10-11)17-5-2/h11-13H,4-10H2,1-3H3. The highest BCUT2D eigenvalue weighted by Crippen LogP contribution is 2.22. The van der Waals surface area contributed by atoms with Crippen LogP contribution in [0.3, 0.4) is 0 Å². The topological polar surface area (TPSA) is 58.6 Å². The van der Waals surface area contributed by atoms with Gasteiger partial charge in [-0.25, -0.2) is 12.7 Å². The molecule has 0 radical (unpaired) electrons. The zero-order chi connectivity index (χ0) is 13.6. The van der Waals surface area contributed by atoms with E-state index in [1.54, 1.807) is 0 Å². The van der Waals surface area contributed by atoms with Crippen molar-refractivity contribution in [3.8, 4) is 0 Å². The minimum atomic E-state index is -3.04. The van der Waals surface area contributed by atoms with Crippen molar-refractivity contribution in [1.29, 1.82) is 0 Å². The Morgan fingerprint density at radius 2 is 2.00 bits per heavy atom. The summed E-state index contributed by atoms with van der Waals surface area (Å²) in [5.74, 6) is 0. The van der Waals surface area contributed by atoms with Crippen molar-refractivity contribution in [2.24, 2.45) is 0 Å². The van der Waals surface area contributed by atoms with Crippen LogP contribution in [-0.2, 0) is 14.8 Å². The Morgan fingerprint density at radius 3 is 2.50 bits per heavy atom. The van der Waals surface area contributed by atoms with E-state index in [-0.39, 0.29) is 0 Å². The van der Waals surface area contributed by atoms with Crippen LogP contribution in [0.15, 0.2) is 0 Å². The molecule has 1 saturated carbocycles. The molecule has 0 aromatic heterocycles. The zero-order valence-electron chi connectivity index (χ0n) is 11.7. The van der Waals surface area contributed by atoms with Crippen LogP contribution in [-0.4, -0.2) is 57.4 Å². The molecule has 0 aromatic rings. The predicted octanol–water partition coefficient (Wildman–Crippen LogP) is 0.815. The third-order valence-corrected chi connectivity index (χ3v) is 4.72. The van der Waals surface area contributed by atoms with Crippen LogP contribution in [0.5, 0.6) is 0 Å². The number of hydrogen-bond acceptors (Lipinski definition) is 4. The molecule has 1 rings (SSSR count). The van der Waals surface area contributed by atoms with Crippen LogP contribution in [0.2, 0.25) is 0 Å². The lowest BCUT2D eigenvalue weighted by molar-refractivity contribution is -0.00976. The maximum absolute atomic E-state index is 11.4. The van der Waals surface area contributed by atoms with Gasteiger partial charge in [0.25, 0.3) is 0 Å². The predicted molar refractivity (Wildman–Crippen MR) is 73.1 cm³/mol. The average molecular weight is 278 g/mol. The summed E-state index contributed by atoms with van der Waals surface area (Å²) < 4.78 is 29.7. The Balaban J connectivity index is 2.06. The van der Waals surface area contributed by atoms with Crippen molar-refractivity contribution in [2.45, 2.75) is 45.3 Å². The molecule has 0 saturated heterocycles. The highest BCUT2D eigenvalue weighted by molar-refractivity contribution is 7.88. The molecular formula is C12H26N2O3S. The van der Waals surface area contributed by atoms with E-state index in [4.69, 9.17) is 4.74 Å². The number of ether oxygens (including phenoxy) is 1. The first kappa shape index (κ1) is 15.9. The van der Waals surface area contributed by atoms with E-state index in [1.807, 2.05) is 13.8 Å². The molecular weight excluding hydrogens is 252 g/mol. The van der Waals surface area contributed by atoms with Crippen LogP contribution < -0.4 is 5.32 Å². The first-order valence-electron chi connectivity index (χ1n) is 6.77. The third kappa shape index (κ3) is 5.22. The van der Waals surface area contributed by atoms with Crippen molar-refractivity contribution < 1.29 is 13.2 Å². The summed E-state index contributed by atoms with van der Waals surface area (Å²) in [6, 6.07) is 0.551. The molecule has 0 bridgehead atoms. The maximum atomic E-state index is 11.4. The summed E-state index contributed by atoms with van der Waals surface area (Å²) in [5, 5.41) is 3.44. The van der Waals surface area contributed by atoms with Crippen LogP contribution in [0.25, 0.3) is 0 Å². The molecule has 0 spiro atoms. The molecule has 0 atom stereocenters. The first-order chi connectivity index (χ1) is 8.47. The molecule has 1 N–H and O–H groups in total. The summed E-state index contributed by atoms with van der Waals surface area (Å²) in [4.78, 5) is 0. The van der Waals surface area contributed by atoms with Gasteiger partial charge in [0.05, 0.1) is 12.4 Å². The molecule has 0 heterocycles. The summed E-state index contributed by atoms with van der Waals surface area (Å²) in [7, 11) is -3.04. The number of hydrogen-bond donors (Lipinski definition) is 1. The molecule has 6 heteroatoms. The highest BCUT2D eigenvalue weighted by Gasteiger charge is 2.28. The molecule has 108 valence electrons. The van der Waals surface area contributed by atoms with Gasteiger partial charge in [-0.2, -0.15) is 0 Å². The molecule has 1 fully saturated rings. The molecule has 0 aromatic carbocycles. The van der Waals surface area contributed by atoms with Crippen molar-refractivity contribution >= 4 is 10.0 Å². The Hall–Kier alpha value is -0.170. The Bertz CT molecular complexity index is 326. The minimum absolute atomic E-state index is 0.427. The second kappa shape index (κ2) is 7.43. The van der Waals surface area contributed by atoms with Gasteiger partial charge in [0.2, 0.25) is 10.0 Å². The van der Waals surface area contributed by atoms with E-state index in [2.05, 4.69) is 5.32 Å². The summed E-state index contributed by atoms with van der Waals surface area (Å²) >= 11 is 0. The van der Waals surface area contributed by atoms with Gasteiger partial charge in [-0.05, 0) is 32.7 Å². The lowest BCUT2D eigenvalue weighted by Gasteiger charge is -2.35. The number of nitrogens with zero attached hydrogens (tertiary/aromatic N) is 1. The molecule has 0 amide bonds. The monoisotopic (exact) mass is 278 g/mol. The van der Waals surface area contributed by atoms with Gasteiger partial charge in [-0.1, -0.05) is 6.92 Å². The Labute approximate surface area is 111 Å². The van der Waals surface area contributed by atoms with Gasteiger partial charge in [0.1, 0.15) is 0 Å². The van der Waals surface area contributed by atoms with Crippen molar-refractivity contribution in [1.82, 2.24) is 9.62 Å². The second-order valence-electron chi connectivity index (χ2n) is 4.81. The van der Waals surface area contributed by atoms with Crippen molar-refractivity contribution in [2.75, 3.05) is 32.5 Å². The van der Waals surface area contributed by atoms with Crippen molar-refractivity contribution in [3.05, 3.63) is 0 Å². The summed E-state index contributed by atoms with van der Waals surface area (Å²) in [6.45, 7) is 6.70. The average Bonchev–Trinajstić information content (AvgIpc) is 2.23. The van der Waals surface area contributed by atoms with Crippen LogP contribution in [0, 0.1) is 0 Å². The van der Waals surface area contributed by atoms with Gasteiger partial charge >= 0.3 is 0 Å². The first-order valence-corrected chi connectivity index (χ1v) is 8.62. The second-order valence-corrected chi connectivity index (χ2v) is 6.79. The highest BCUT2D eigenvalue weighted by atomic mass is 32.2. The fourth-order valence-corrected chi connectivity index (χ4v) is 3.15. The molecule has 5 nitrogen and oxygen atoms in total. The van der Waals surface area contributed by atoms with E-state index in [0.29, 0.717) is 25.2 Å². The maximum Gasteiger partial charge on any atom is 0.211 e. The minimum Gasteiger partial charge on any atom is -0.378 e. The smallest absolute Gasteiger partial charge is 0.211 e. The molecule has 1 aliphatic carbocycles. The lowest BCUT2D eigenvalue weighted by Crippen LogP contribution is -2.46. The van der Waals surface area contributed by atoms with E-state index in [1.165, 1.54) is 10.6 Å². The van der Waals surface area contributed by atoms with Gasteiger partial charge < -0.3 is 10.1 Å². The van der Waals surface area contributed by atoms with Gasteiger partial charge in [0.15, 0.2) is 0 Å². The van der Waals surface area contributed by atoms with Gasteiger partial charge in [-0.3, -0.25) is 0 Å². The molecule has 0 unspecified atom stereocenters. The molecule has 1 aliphatic rings. The lowest BCUT2D eigenvalue weighted by atomic mass is 9.89. The van der Waals surface area contributed by atoms with Crippen LogP contribution in [0.1, 0.15) is 33.1 Å². The summed E-state index contributed by atoms with van der Waals surface area (Å²) in [5.41, 5.74) is 0. The molecule has 18 heavy (non-hydrogen) atoms. The number of nitrogens with one attached hydrogen (secondary N) is 1. The van der Waals surface area contributed by atoms with E-state index in [0.717, 1.165) is 32.4 Å². The Kier molecular flexibility index (Phi) is 6.55. The quantitative estimate of drug-likeness (QED) is 0.634. The van der Waals surface area contributed by atoms with Crippen LogP contribution in [0.4, 0.5) is 0 Å². The van der Waals surface area contributed by atoms with Crippen molar-refractivity contribution in [3.63, 3.8) is 0 Å². The fraction of sp³-hybridized carbons (Fsp3) is 1.00. The van der Waals surface area contributed by atoms with Gasteiger partial charge in [-0.15, -0.1) is 0 Å². The van der Waals surface area contributed by atoms with E-state index < -0.39 is 10.0 Å². The van der Waals surface area contributed by atoms with E-state index in [9.17, 15) is 8.42 Å². The van der Waals surface area contributed by atoms with E-state index >= 15 is 0 Å². The molecule has 0 aliphatic heterocycles. The fourth-order valence-electron chi connectivity index (χ4n) is 2.22. The zero-order valence-corrected chi connectivity index (χ0v) is 12.5. The normalized spacial score (nSPS) is 24.2. The number of rotatable bonds is 9. The third-order valence-electron chi connectivity index (χ3n) is 3.34. The van der Waals surface area contributed by atoms with Crippen LogP contribution >= 0.6 is 0 Å². The number of sulfonamides is 1. The SMILES string of the molecule is CCOC1CC(NCCCN(CC)S(C)(=O)=O)C1.